The Hall–Kier alpha value is -2.95. The predicted molar refractivity (Wildman–Crippen MR) is 91.7 cm³/mol. The van der Waals surface area contributed by atoms with E-state index in [-0.39, 0.29) is 5.91 Å². The summed E-state index contributed by atoms with van der Waals surface area (Å²) in [5.41, 5.74) is 3.56. The molecule has 5 nitrogen and oxygen atoms in total. The van der Waals surface area contributed by atoms with E-state index in [2.05, 4.69) is 15.3 Å². The van der Waals surface area contributed by atoms with Gasteiger partial charge in [-0.3, -0.25) is 9.78 Å². The fourth-order valence-electron chi connectivity index (χ4n) is 2.37. The summed E-state index contributed by atoms with van der Waals surface area (Å²) >= 11 is 0. The number of hydrogen-bond acceptors (Lipinski definition) is 4. The smallest absolute Gasteiger partial charge is 0.252 e. The predicted octanol–water partition coefficient (Wildman–Crippen LogP) is 3.33. The minimum atomic E-state index is -0.136. The number of benzene rings is 1. The van der Waals surface area contributed by atoms with E-state index in [0.717, 1.165) is 17.0 Å². The quantitative estimate of drug-likeness (QED) is 0.782. The molecule has 5 heteroatoms. The third-order valence-electron chi connectivity index (χ3n) is 3.76. The van der Waals surface area contributed by atoms with Crippen LogP contribution >= 0.6 is 0 Å². The molecule has 24 heavy (non-hydrogen) atoms. The maximum atomic E-state index is 12.0. The van der Waals surface area contributed by atoms with Crippen LogP contribution in [0, 0.1) is 13.8 Å². The Morgan fingerprint density at radius 1 is 1.17 bits per heavy atom. The van der Waals surface area contributed by atoms with Crippen LogP contribution in [0.15, 0.2) is 53.2 Å². The number of aryl methyl sites for hydroxylation is 2. The van der Waals surface area contributed by atoms with Gasteiger partial charge in [-0.15, -0.1) is 0 Å². The summed E-state index contributed by atoms with van der Waals surface area (Å²) < 4.78 is 5.75. The van der Waals surface area contributed by atoms with E-state index in [1.54, 1.807) is 24.5 Å². The van der Waals surface area contributed by atoms with E-state index >= 15 is 0 Å². The Morgan fingerprint density at radius 3 is 2.67 bits per heavy atom. The van der Waals surface area contributed by atoms with Crippen LogP contribution in [-0.2, 0) is 6.42 Å². The number of carbonyl (C=O) groups excluding carboxylic acids is 1. The summed E-state index contributed by atoms with van der Waals surface area (Å²) in [4.78, 5) is 20.5. The van der Waals surface area contributed by atoms with Crippen molar-refractivity contribution in [3.63, 3.8) is 0 Å². The van der Waals surface area contributed by atoms with Gasteiger partial charge in [-0.25, -0.2) is 4.98 Å². The number of rotatable bonds is 5. The number of aromatic nitrogens is 2. The van der Waals surface area contributed by atoms with Crippen molar-refractivity contribution in [3.05, 3.63) is 71.4 Å². The molecule has 2 aromatic heterocycles. The van der Waals surface area contributed by atoms with Crippen molar-refractivity contribution in [1.82, 2.24) is 15.3 Å². The zero-order valence-corrected chi connectivity index (χ0v) is 13.7. The standard InChI is InChI=1S/C19H19N3O2/c1-13-5-7-15(8-6-13)19-22-17(14(2)24-19)9-11-21-18(23)16-4-3-10-20-12-16/h3-8,10,12H,9,11H2,1-2H3,(H,21,23). The summed E-state index contributed by atoms with van der Waals surface area (Å²) in [5, 5.41) is 2.87. The topological polar surface area (TPSA) is 68.0 Å². The molecule has 0 bridgehead atoms. The van der Waals surface area contributed by atoms with Gasteiger partial charge in [0.15, 0.2) is 0 Å². The molecule has 0 radical (unpaired) electrons. The van der Waals surface area contributed by atoms with Crippen molar-refractivity contribution < 1.29 is 9.21 Å². The zero-order chi connectivity index (χ0) is 16.9. The largest absolute Gasteiger partial charge is 0.441 e. The number of oxazole rings is 1. The average Bonchev–Trinajstić information content (AvgIpc) is 2.97. The van der Waals surface area contributed by atoms with Gasteiger partial charge in [0.2, 0.25) is 5.89 Å². The molecule has 1 N–H and O–H groups in total. The Bertz CT molecular complexity index is 824. The second kappa shape index (κ2) is 7.08. The van der Waals surface area contributed by atoms with E-state index in [0.29, 0.717) is 24.4 Å². The highest BCUT2D eigenvalue weighted by Crippen LogP contribution is 2.22. The van der Waals surface area contributed by atoms with Crippen molar-refractivity contribution in [2.45, 2.75) is 20.3 Å². The third-order valence-corrected chi connectivity index (χ3v) is 3.76. The number of nitrogens with zero attached hydrogens (tertiary/aromatic N) is 2. The number of hydrogen-bond donors (Lipinski definition) is 1. The first-order chi connectivity index (χ1) is 11.6. The lowest BCUT2D eigenvalue weighted by Gasteiger charge is -2.03. The van der Waals surface area contributed by atoms with E-state index in [1.807, 2.05) is 38.1 Å². The summed E-state index contributed by atoms with van der Waals surface area (Å²) in [6.45, 7) is 4.43. The highest BCUT2D eigenvalue weighted by Gasteiger charge is 2.12. The normalized spacial score (nSPS) is 10.6. The Morgan fingerprint density at radius 2 is 1.96 bits per heavy atom. The molecule has 3 aromatic rings. The van der Waals surface area contributed by atoms with Crippen LogP contribution in [0.3, 0.4) is 0 Å². The number of nitrogens with one attached hydrogen (secondary N) is 1. The monoisotopic (exact) mass is 321 g/mol. The van der Waals surface area contributed by atoms with Crippen molar-refractivity contribution >= 4 is 5.91 Å². The SMILES string of the molecule is Cc1ccc(-c2nc(CCNC(=O)c3cccnc3)c(C)o2)cc1. The van der Waals surface area contributed by atoms with Crippen LogP contribution in [0.25, 0.3) is 11.5 Å². The number of pyridine rings is 1. The zero-order valence-electron chi connectivity index (χ0n) is 13.7. The molecular formula is C19H19N3O2. The third kappa shape index (κ3) is 3.68. The molecule has 0 aliphatic heterocycles. The minimum absolute atomic E-state index is 0.136. The van der Waals surface area contributed by atoms with Crippen LogP contribution in [-0.4, -0.2) is 22.4 Å². The molecule has 0 spiro atoms. The average molecular weight is 321 g/mol. The first kappa shape index (κ1) is 15.9. The lowest BCUT2D eigenvalue weighted by molar-refractivity contribution is 0.0953. The van der Waals surface area contributed by atoms with Gasteiger partial charge >= 0.3 is 0 Å². The number of carbonyl (C=O) groups is 1. The maximum Gasteiger partial charge on any atom is 0.252 e. The summed E-state index contributed by atoms with van der Waals surface area (Å²) in [6, 6.07) is 11.5. The highest BCUT2D eigenvalue weighted by molar-refractivity contribution is 5.93. The molecule has 0 aliphatic rings. The molecule has 1 amide bonds. The lowest BCUT2D eigenvalue weighted by Crippen LogP contribution is -2.25. The van der Waals surface area contributed by atoms with Crippen LogP contribution in [0.2, 0.25) is 0 Å². The lowest BCUT2D eigenvalue weighted by atomic mass is 10.1. The van der Waals surface area contributed by atoms with Gasteiger partial charge in [0.05, 0.1) is 11.3 Å². The molecule has 0 unspecified atom stereocenters. The molecule has 122 valence electrons. The van der Waals surface area contributed by atoms with Crippen molar-refractivity contribution in [2.24, 2.45) is 0 Å². The highest BCUT2D eigenvalue weighted by atomic mass is 16.4. The van der Waals surface area contributed by atoms with Crippen molar-refractivity contribution in [3.8, 4) is 11.5 Å². The Labute approximate surface area is 140 Å². The fraction of sp³-hybridized carbons (Fsp3) is 0.211. The van der Waals surface area contributed by atoms with E-state index in [9.17, 15) is 4.79 Å². The van der Waals surface area contributed by atoms with Gasteiger partial charge in [-0.1, -0.05) is 17.7 Å². The summed E-state index contributed by atoms with van der Waals surface area (Å²) in [7, 11) is 0. The van der Waals surface area contributed by atoms with Crippen LogP contribution in [0.4, 0.5) is 0 Å². The van der Waals surface area contributed by atoms with E-state index in [1.165, 1.54) is 5.56 Å². The first-order valence-corrected chi connectivity index (χ1v) is 7.85. The fourth-order valence-corrected chi connectivity index (χ4v) is 2.37. The van der Waals surface area contributed by atoms with Crippen LogP contribution in [0.1, 0.15) is 27.4 Å². The second-order valence-electron chi connectivity index (χ2n) is 5.64. The number of amides is 1. The molecule has 0 fully saturated rings. The summed E-state index contributed by atoms with van der Waals surface area (Å²) in [6.07, 6.45) is 3.81. The van der Waals surface area contributed by atoms with Gasteiger partial charge in [-0.05, 0) is 38.1 Å². The maximum absolute atomic E-state index is 12.0. The Kier molecular flexibility index (Phi) is 4.70. The van der Waals surface area contributed by atoms with Crippen molar-refractivity contribution in [2.75, 3.05) is 6.54 Å². The molecule has 2 heterocycles. The van der Waals surface area contributed by atoms with Gasteiger partial charge < -0.3 is 9.73 Å². The molecular weight excluding hydrogens is 302 g/mol. The molecule has 0 atom stereocenters. The minimum Gasteiger partial charge on any atom is -0.441 e. The van der Waals surface area contributed by atoms with Crippen LogP contribution < -0.4 is 5.32 Å². The van der Waals surface area contributed by atoms with E-state index < -0.39 is 0 Å². The second-order valence-corrected chi connectivity index (χ2v) is 5.64. The molecule has 0 saturated heterocycles. The van der Waals surface area contributed by atoms with Crippen molar-refractivity contribution in [1.29, 1.82) is 0 Å². The first-order valence-electron chi connectivity index (χ1n) is 7.85. The van der Waals surface area contributed by atoms with Gasteiger partial charge in [-0.2, -0.15) is 0 Å². The molecule has 0 aliphatic carbocycles. The van der Waals surface area contributed by atoms with E-state index in [4.69, 9.17) is 4.42 Å². The summed E-state index contributed by atoms with van der Waals surface area (Å²) in [5.74, 6) is 1.25. The van der Waals surface area contributed by atoms with Crippen LogP contribution in [0.5, 0.6) is 0 Å². The van der Waals surface area contributed by atoms with Gasteiger partial charge in [0.1, 0.15) is 5.76 Å². The Balaban J connectivity index is 1.62. The molecule has 3 rings (SSSR count). The molecule has 1 aromatic carbocycles. The van der Waals surface area contributed by atoms with Gasteiger partial charge in [0.25, 0.3) is 5.91 Å². The van der Waals surface area contributed by atoms with Gasteiger partial charge in [0, 0.05) is 30.9 Å². The molecule has 0 saturated carbocycles.